The molecule has 10 rings (SSSR count). The molecule has 12 heteroatoms. The van der Waals surface area contributed by atoms with Crippen molar-refractivity contribution in [2.75, 3.05) is 6.61 Å². The molecule has 8 bridgehead atoms. The van der Waals surface area contributed by atoms with Gasteiger partial charge in [-0.15, -0.1) is 0 Å². The van der Waals surface area contributed by atoms with Gasteiger partial charge in [0, 0.05) is 71.0 Å². The van der Waals surface area contributed by atoms with Crippen LogP contribution in [0.2, 0.25) is 0 Å². The average Bonchev–Trinajstić information content (AvgIpc) is 4.22. The van der Waals surface area contributed by atoms with Crippen LogP contribution >= 0.6 is 0 Å². The zero-order valence-electron chi connectivity index (χ0n) is 52.4. The van der Waals surface area contributed by atoms with Crippen LogP contribution in [-0.2, 0) is 57.3 Å². The van der Waals surface area contributed by atoms with Crippen molar-refractivity contribution >= 4 is 47.0 Å². The van der Waals surface area contributed by atoms with Crippen LogP contribution < -0.4 is 0 Å². The molecule has 0 amide bonds. The fourth-order valence-corrected chi connectivity index (χ4v) is 12.6. The van der Waals surface area contributed by atoms with Gasteiger partial charge in [-0.05, 0) is 108 Å². The molecule has 77 heavy (non-hydrogen) atoms. The molecule has 0 aromatic heterocycles. The van der Waals surface area contributed by atoms with E-state index in [1.54, 1.807) is 0 Å². The van der Waals surface area contributed by atoms with E-state index in [4.69, 9.17) is 18.9 Å². The maximum absolute atomic E-state index is 12.5. The van der Waals surface area contributed by atoms with Crippen LogP contribution in [0.25, 0.3) is 0 Å². The fraction of sp³-hybridized carbons (Fsp3) is 0.877. The number of fused-ring (bicyclic) bond motifs is 4. The molecule has 5 saturated carbocycles. The molecule has 0 aromatic rings. The monoisotopic (exact) mass is 1080 g/mol. The smallest absolute Gasteiger partial charge is 0.309 e. The van der Waals surface area contributed by atoms with Gasteiger partial charge in [0.15, 0.2) is 0 Å². The van der Waals surface area contributed by atoms with Gasteiger partial charge in [0.1, 0.15) is 41.4 Å². The van der Waals surface area contributed by atoms with Crippen LogP contribution in [0.1, 0.15) is 254 Å². The second-order valence-electron chi connectivity index (χ2n) is 25.3. The van der Waals surface area contributed by atoms with E-state index in [0.29, 0.717) is 85.7 Å². The summed E-state index contributed by atoms with van der Waals surface area (Å²) < 4.78 is 21.4. The molecule has 0 radical (unpaired) electrons. The number of hydrogen-bond donors (Lipinski definition) is 0. The summed E-state index contributed by atoms with van der Waals surface area (Å²) in [6, 6.07) is 0. The van der Waals surface area contributed by atoms with Gasteiger partial charge in [-0.3, -0.25) is 38.4 Å². The molecule has 5 saturated heterocycles. The number of ketones is 4. The summed E-state index contributed by atoms with van der Waals surface area (Å²) in [5, 5.41) is 0. The number of ether oxygens (including phenoxy) is 4. The van der Waals surface area contributed by atoms with Crippen LogP contribution in [-0.4, -0.2) is 71.9 Å². The van der Waals surface area contributed by atoms with E-state index in [-0.39, 0.29) is 105 Å². The van der Waals surface area contributed by atoms with Gasteiger partial charge in [0.25, 0.3) is 0 Å². The predicted molar refractivity (Wildman–Crippen MR) is 305 cm³/mol. The average molecular weight is 1090 g/mol. The highest BCUT2D eigenvalue weighted by atomic mass is 16.6. The minimum atomic E-state index is -0.303. The SMILES string of the molecule is CC.CC.CC.CC.CCC(C)(C)C(=O)CC1C2CC3C(=O)OC1C3C2.CCC(C)(C)C(=O)CC1C2CC3CC(C2)C(=O)OC1C3.CCC(C)(C)C(=O)CC1CCC2CC1OC2=O.CCC(C)(C)C(=O)CC1CCOC1=O. The molecule has 444 valence electrons. The number of esters is 4. The van der Waals surface area contributed by atoms with Gasteiger partial charge >= 0.3 is 23.9 Å². The molecule has 14 atom stereocenters. The summed E-state index contributed by atoms with van der Waals surface area (Å²) in [5.74, 6) is 4.11. The topological polar surface area (TPSA) is 173 Å². The van der Waals surface area contributed by atoms with Crippen LogP contribution in [0.4, 0.5) is 0 Å². The van der Waals surface area contributed by atoms with E-state index in [0.717, 1.165) is 77.0 Å². The summed E-state index contributed by atoms with van der Waals surface area (Å²) >= 11 is 0. The molecule has 10 aliphatic rings. The third-order valence-electron chi connectivity index (χ3n) is 19.6. The van der Waals surface area contributed by atoms with Gasteiger partial charge in [-0.25, -0.2) is 0 Å². The van der Waals surface area contributed by atoms with E-state index in [1.807, 2.05) is 125 Å². The summed E-state index contributed by atoms with van der Waals surface area (Å²) in [6.45, 7) is 40.6. The molecule has 0 N–H and O–H groups in total. The molecule has 5 heterocycles. The van der Waals surface area contributed by atoms with Crippen LogP contribution in [0.3, 0.4) is 0 Å². The Labute approximate surface area is 468 Å². The summed E-state index contributed by atoms with van der Waals surface area (Å²) in [6.07, 6.45) is 15.3. The van der Waals surface area contributed by atoms with Gasteiger partial charge in [0.2, 0.25) is 0 Å². The molecule has 5 aliphatic heterocycles. The highest BCUT2D eigenvalue weighted by Crippen LogP contribution is 2.59. The fourth-order valence-electron chi connectivity index (χ4n) is 12.6. The third kappa shape index (κ3) is 17.5. The molecular formula is C65H112O12. The van der Waals surface area contributed by atoms with Crippen molar-refractivity contribution in [3.05, 3.63) is 0 Å². The summed E-state index contributed by atoms with van der Waals surface area (Å²) in [5.41, 5.74) is -1.01. The van der Waals surface area contributed by atoms with Gasteiger partial charge in [-0.2, -0.15) is 0 Å². The van der Waals surface area contributed by atoms with Crippen molar-refractivity contribution in [2.24, 2.45) is 86.8 Å². The zero-order valence-corrected chi connectivity index (χ0v) is 52.4. The molecule has 12 nitrogen and oxygen atoms in total. The van der Waals surface area contributed by atoms with Crippen molar-refractivity contribution in [1.82, 2.24) is 0 Å². The third-order valence-corrected chi connectivity index (χ3v) is 19.6. The number of Topliss-reactive ketones (excluding diaryl/α,β-unsaturated/α-hetero) is 4. The molecule has 0 aromatic carbocycles. The number of hydrogen-bond acceptors (Lipinski definition) is 12. The van der Waals surface area contributed by atoms with Gasteiger partial charge in [0.05, 0.1) is 30.3 Å². The lowest BCUT2D eigenvalue weighted by Crippen LogP contribution is -2.41. The first-order valence-electron chi connectivity index (χ1n) is 31.2. The highest BCUT2D eigenvalue weighted by molar-refractivity contribution is 5.89. The number of cyclic esters (lactones) is 1. The largest absolute Gasteiger partial charge is 0.465 e. The first kappa shape index (κ1) is 69.7. The Morgan fingerprint density at radius 2 is 0.909 bits per heavy atom. The molecular weight excluding hydrogens is 973 g/mol. The normalized spacial score (nSPS) is 31.4. The second-order valence-corrected chi connectivity index (χ2v) is 25.3. The van der Waals surface area contributed by atoms with Crippen LogP contribution in [0.5, 0.6) is 0 Å². The Balaban J connectivity index is 0.000000338. The van der Waals surface area contributed by atoms with E-state index in [1.165, 1.54) is 6.42 Å². The maximum atomic E-state index is 12.5. The standard InChI is InChI=1S/C17H26O3.C15H22O3.C14H22O3.C11H18O3.4C2H6/c1-4-17(2,3)15(18)9-13-11-5-10-6-12(8-11)16(19)20-14(13)7-10;1-4-15(2,3)12(16)7-9-8-5-10-11(6-8)14(17)18-13(9)10;1-4-14(2,3)12(15)8-9-5-6-10-7-11(9)17-13(10)16;1-4-11(2,3)9(12)7-8-5-6-14-10(8)13;4*1-2/h10-14H,4-9H2,1-3H3;8-11,13H,4-7H2,1-3H3;9-11H,4-8H2,1-3H3;8H,4-7H2,1-3H3;4*1-2H3. The van der Waals surface area contributed by atoms with Crippen LogP contribution in [0.15, 0.2) is 0 Å². The molecule has 10 fully saturated rings. The number of rotatable bonds is 16. The summed E-state index contributed by atoms with van der Waals surface area (Å²) in [7, 11) is 0. The van der Waals surface area contributed by atoms with E-state index >= 15 is 0 Å². The lowest BCUT2D eigenvalue weighted by atomic mass is 9.61. The van der Waals surface area contributed by atoms with Gasteiger partial charge in [-0.1, -0.05) is 138 Å². The quantitative estimate of drug-likeness (QED) is 0.106. The molecule has 5 aliphatic carbocycles. The molecule has 0 spiro atoms. The van der Waals surface area contributed by atoms with Crippen LogP contribution in [0, 0.1) is 86.8 Å². The lowest BCUT2D eigenvalue weighted by Gasteiger charge is -2.42. The van der Waals surface area contributed by atoms with Gasteiger partial charge < -0.3 is 18.9 Å². The number of carbonyl (C=O) groups is 8. The zero-order chi connectivity index (χ0) is 59.0. The Morgan fingerprint density at radius 3 is 1.42 bits per heavy atom. The van der Waals surface area contributed by atoms with Crippen molar-refractivity contribution in [1.29, 1.82) is 0 Å². The lowest BCUT2D eigenvalue weighted by molar-refractivity contribution is -0.154. The van der Waals surface area contributed by atoms with Crippen molar-refractivity contribution < 1.29 is 57.3 Å². The molecule has 14 unspecified atom stereocenters. The van der Waals surface area contributed by atoms with E-state index in [9.17, 15) is 38.4 Å². The first-order valence-corrected chi connectivity index (χ1v) is 31.2. The van der Waals surface area contributed by atoms with E-state index < -0.39 is 0 Å². The Kier molecular flexibility index (Phi) is 28.0. The highest BCUT2D eigenvalue weighted by Gasteiger charge is 2.62. The van der Waals surface area contributed by atoms with Crippen molar-refractivity contribution in [3.63, 3.8) is 0 Å². The summed E-state index contributed by atoms with van der Waals surface area (Å²) in [4.78, 5) is 95.1. The Morgan fingerprint density at radius 1 is 0.442 bits per heavy atom. The minimum absolute atomic E-state index is 0.00259. The predicted octanol–water partition coefficient (Wildman–Crippen LogP) is 14.7. The van der Waals surface area contributed by atoms with Crippen molar-refractivity contribution in [2.45, 2.75) is 272 Å². The Bertz CT molecular complexity index is 1940. The maximum Gasteiger partial charge on any atom is 0.309 e. The number of carbonyl (C=O) groups excluding carboxylic acids is 8. The minimum Gasteiger partial charge on any atom is -0.465 e. The Hall–Kier alpha value is -3.44. The first-order chi connectivity index (χ1) is 36.2. The van der Waals surface area contributed by atoms with Crippen molar-refractivity contribution in [3.8, 4) is 0 Å². The second kappa shape index (κ2) is 31.0. The van der Waals surface area contributed by atoms with E-state index in [2.05, 4.69) is 13.8 Å².